The minimum absolute atomic E-state index is 0.330. The highest BCUT2D eigenvalue weighted by molar-refractivity contribution is 9.58. The summed E-state index contributed by atoms with van der Waals surface area (Å²) in [4.78, 5) is 0. The lowest BCUT2D eigenvalue weighted by molar-refractivity contribution is 4.32. The average molecular weight is 3300 g/mol. The smallest absolute Gasteiger partial charge is 0.000359 e. The van der Waals surface area contributed by atoms with Crippen LogP contribution in [0.2, 0.25) is 0 Å². The molecule has 0 amide bonds. The predicted molar refractivity (Wildman–Crippen MR) is 859 cm³/mol. The van der Waals surface area contributed by atoms with Gasteiger partial charge in [0.15, 0.2) is 0 Å². The minimum Gasteiger partial charge on any atom is -0.102 e. The van der Waals surface area contributed by atoms with Crippen molar-refractivity contribution in [3.05, 3.63) is 0 Å². The first-order valence-corrected chi connectivity index (χ1v) is 211. The summed E-state index contributed by atoms with van der Waals surface area (Å²) in [5, 5.41) is 0. The molecule has 0 saturated carbocycles. The van der Waals surface area contributed by atoms with E-state index >= 15 is 0 Å². The van der Waals surface area contributed by atoms with E-state index < -0.39 is 231 Å². The summed E-state index contributed by atoms with van der Waals surface area (Å²) in [6.07, 6.45) is 0. The second kappa shape index (κ2) is 81.0. The van der Waals surface area contributed by atoms with Gasteiger partial charge >= 0.3 is 0 Å². The van der Waals surface area contributed by atoms with Crippen LogP contribution in [0.5, 0.6) is 0 Å². The molecule has 55 atom stereocenters. The molecule has 0 heterocycles. The lowest BCUT2D eigenvalue weighted by Gasteiger charge is -2.61. The highest BCUT2D eigenvalue weighted by atomic mass is 33.6. The van der Waals surface area contributed by atoms with Gasteiger partial charge in [0, 0.05) is 0 Å². The molecule has 55 unspecified atom stereocenters. The van der Waals surface area contributed by atoms with Crippen LogP contribution < -0.4 is 0 Å². The Hall–Kier alpha value is 44.3. The molecule has 0 N–H and O–H groups in total. The first-order chi connectivity index (χ1) is 46.8. The van der Waals surface area contributed by atoms with Crippen LogP contribution in [0.3, 0.4) is 0 Å². The van der Waals surface area contributed by atoms with Crippen LogP contribution in [-0.2, 0) is 0 Å². The lowest BCUT2D eigenvalue weighted by Crippen LogP contribution is -1.74. The third-order valence-corrected chi connectivity index (χ3v) is 738. The van der Waals surface area contributed by atoms with Crippen LogP contribution in [0.25, 0.3) is 0 Å². The van der Waals surface area contributed by atoms with E-state index in [2.05, 4.69) is 464 Å². The van der Waals surface area contributed by atoms with Crippen molar-refractivity contribution < 1.29 is 0 Å². The summed E-state index contributed by atoms with van der Waals surface area (Å²) >= 11 is 0. The van der Waals surface area contributed by atoms with Gasteiger partial charge in [-0.2, -0.15) is 0 Å². The minimum atomic E-state index is -0.590. The molecular weight excluding hydrogens is 3190 g/mol. The fourth-order valence-electron chi connectivity index (χ4n) is 6.30. The van der Waals surface area contributed by atoms with Gasteiger partial charge in [0.25, 0.3) is 0 Å². The van der Waals surface area contributed by atoms with Gasteiger partial charge in [-0.1, -0.05) is 0 Å². The molecule has 0 radical (unpaired) electrons. The predicted octanol–water partition coefficient (Wildman–Crippen LogP) is 60.6. The molecule has 0 aromatic carbocycles. The summed E-state index contributed by atoms with van der Waals surface area (Å²) in [5.74, 6) is 0. The Morgan fingerprint density at radius 3 is 0.214 bits per heavy atom. The third kappa shape index (κ3) is 52.7. The van der Waals surface area contributed by atoms with Crippen molar-refractivity contribution in [2.45, 2.75) is 0 Å². The molecular formula is H105P103. The molecule has 620 valence electrons. The Balaban J connectivity index is 14.1. The summed E-state index contributed by atoms with van der Waals surface area (Å²) < 4.78 is 0. The Kier molecular flexibility index (Phi) is 116. The molecule has 103 heteroatoms. The molecule has 0 aromatic rings. The van der Waals surface area contributed by atoms with Gasteiger partial charge in [-0.3, -0.25) is 0 Å². The number of hydrogen-bond donors (Lipinski definition) is 0. The standard InChI is InChI=1S/H105P103/c1-54(2)82(55(3)4)95(83(56(5)6)57(7)8)80(96(84(58(9)10)59(11)12)99(85(60(13)14)61(15)16)86(62(17)18)63(19)20)53-81(97(100(87(64(21)22)65(23)24)88(66(25)26)67(27)28)101(89(68(29)30)69(31)32)90(70(33)34)71(35)36)98(102(91(72(37)38)73(39)40)92(74(41)42)75(43)44)103(93(76(45)46)77(47)48)94(78(49)50)79(51)52/h53H,1-52H2. The van der Waals surface area contributed by atoms with E-state index in [1.54, 1.807) is 0 Å². The maximum absolute atomic E-state index is 3.80. The molecule has 0 spiro atoms. The van der Waals surface area contributed by atoms with Gasteiger partial charge in [0.05, 0.1) is 0 Å². The van der Waals surface area contributed by atoms with Crippen LogP contribution in [0.4, 0.5) is 0 Å². The molecule has 0 rings (SSSR count). The second-order valence-electron chi connectivity index (χ2n) is 16.5. The molecule has 0 bridgehead atoms. The van der Waals surface area contributed by atoms with Crippen LogP contribution in [0.1, 0.15) is 0 Å². The fraction of sp³-hybridized carbons (Fsp3) is 0. The quantitative estimate of drug-likeness (QED) is 0.0533. The Bertz CT molecular complexity index is 1730. The van der Waals surface area contributed by atoms with Gasteiger partial charge in [-0.25, -0.2) is 0 Å². The molecule has 0 nitrogen and oxygen atoms in total. The highest BCUT2D eigenvalue weighted by Crippen LogP contribution is 3.52. The van der Waals surface area contributed by atoms with E-state index in [1.165, 1.54) is 0 Å². The SMILES string of the molecule is PP(P)P(P(P)P)P(P(PP(P(P(P(P(P)P)P(P)P)P(P(P)P)P(P)P)P(P(P(P)P)P(P)P)P(P(P)P)P(P)P)P(P(P(P(P)P)P(P)P)P(P(P)P)P(P)P)P(P(P(P)P)P(P)P)P(P(P)P)P(P)P)P(P(P(P)P)P(P)P)P(P(P(P)P)P(P)P)P(P(P)P)P(P)P)P(P(P)P)P(P)P. The largest absolute Gasteiger partial charge is 0.102 e. The highest BCUT2D eigenvalue weighted by Gasteiger charge is 2.64. The maximum Gasteiger partial charge on any atom is -0.000359 e. The monoisotopic (exact) mass is 3300 g/mol. The number of rotatable bonds is 50. The zero-order valence-corrected chi connectivity index (χ0v) is 159. The average Bonchev–Trinajstić information content (AvgIpc) is 3.40. The van der Waals surface area contributed by atoms with Crippen molar-refractivity contribution in [3.8, 4) is 0 Å². The number of hydrogen-bond acceptors (Lipinski definition) is 0. The Morgan fingerprint density at radius 1 is 0.0777 bits per heavy atom. The second-order valence-corrected chi connectivity index (χ2v) is 444. The van der Waals surface area contributed by atoms with E-state index in [-0.39, 0.29) is 119 Å². The van der Waals surface area contributed by atoms with E-state index in [4.69, 9.17) is 0 Å². The van der Waals surface area contributed by atoms with Crippen molar-refractivity contribution in [2.75, 3.05) is 0 Å². The maximum atomic E-state index is 3.80. The molecule has 0 fully saturated rings. The normalized spacial score (nSPS) is 15.4. The van der Waals surface area contributed by atoms with Crippen molar-refractivity contribution in [3.63, 3.8) is 0 Å². The van der Waals surface area contributed by atoms with Gasteiger partial charge in [0.2, 0.25) is 0 Å². The van der Waals surface area contributed by atoms with E-state index in [0.29, 0.717) is 0 Å². The zero-order valence-electron chi connectivity index (χ0n) is 52.9. The van der Waals surface area contributed by atoms with Crippen LogP contribution >= 0.6 is 822 Å². The Labute approximate surface area is 808 Å². The van der Waals surface area contributed by atoms with Crippen LogP contribution in [0.15, 0.2) is 0 Å². The lowest BCUT2D eigenvalue weighted by atomic mass is 28.4. The van der Waals surface area contributed by atoms with Crippen molar-refractivity contribution in [1.82, 2.24) is 0 Å². The van der Waals surface area contributed by atoms with Crippen molar-refractivity contribution in [1.29, 1.82) is 0 Å². The summed E-state index contributed by atoms with van der Waals surface area (Å²) in [6, 6.07) is 0. The van der Waals surface area contributed by atoms with Gasteiger partial charge in [0.1, 0.15) is 0 Å². The summed E-state index contributed by atoms with van der Waals surface area (Å²) in [6.45, 7) is -20.8. The fourth-order valence-corrected chi connectivity index (χ4v) is 1530. The first kappa shape index (κ1) is 147. The van der Waals surface area contributed by atoms with E-state index in [9.17, 15) is 0 Å². The topological polar surface area (TPSA) is 0 Å². The molecule has 0 saturated heterocycles. The van der Waals surface area contributed by atoms with E-state index in [1.807, 2.05) is 0 Å². The van der Waals surface area contributed by atoms with Gasteiger partial charge < -0.3 is 0 Å². The molecule has 103 heavy (non-hydrogen) atoms. The zero-order chi connectivity index (χ0) is 81.6. The van der Waals surface area contributed by atoms with Crippen LogP contribution in [-0.4, -0.2) is 0 Å². The summed E-state index contributed by atoms with van der Waals surface area (Å²) in [5.41, 5.74) is 0. The molecule has 0 aliphatic rings. The van der Waals surface area contributed by atoms with Gasteiger partial charge in [-0.15, -0.1) is 464 Å². The molecule has 0 aliphatic heterocycles. The van der Waals surface area contributed by atoms with Crippen LogP contribution in [0, 0.1) is 0 Å². The first-order valence-electron chi connectivity index (χ1n) is 23.5. The molecule has 0 aliphatic carbocycles. The van der Waals surface area contributed by atoms with E-state index in [0.717, 1.165) is 7.96 Å². The summed E-state index contributed by atoms with van der Waals surface area (Å²) in [7, 11) is 197. The Morgan fingerprint density at radius 2 is 0.136 bits per heavy atom. The van der Waals surface area contributed by atoms with Crippen molar-refractivity contribution in [2.24, 2.45) is 0 Å². The molecule has 0 aromatic heterocycles. The van der Waals surface area contributed by atoms with Crippen molar-refractivity contribution >= 4 is 822 Å². The third-order valence-electron chi connectivity index (χ3n) is 9.11. The van der Waals surface area contributed by atoms with Gasteiger partial charge in [-0.05, 0) is 357 Å².